The van der Waals surface area contributed by atoms with Crippen molar-refractivity contribution in [2.45, 2.75) is 24.8 Å². The monoisotopic (exact) mass is 434 g/mol. The summed E-state index contributed by atoms with van der Waals surface area (Å²) >= 11 is 1.22. The highest BCUT2D eigenvalue weighted by Gasteiger charge is 2.30. The van der Waals surface area contributed by atoms with Gasteiger partial charge in [-0.1, -0.05) is 29.7 Å². The second-order valence-corrected chi connectivity index (χ2v) is 6.92. The van der Waals surface area contributed by atoms with Crippen LogP contribution in [0, 0.1) is 11.8 Å². The van der Waals surface area contributed by atoms with Crippen LogP contribution in [0.4, 0.5) is 13.2 Å². The lowest BCUT2D eigenvalue weighted by atomic mass is 10.1. The summed E-state index contributed by atoms with van der Waals surface area (Å²) in [5.41, 5.74) is -0.529. The number of nitrogens with zero attached hydrogens (tertiary/aromatic N) is 3. The average molecular weight is 434 g/mol. The molecule has 0 bridgehead atoms. The van der Waals surface area contributed by atoms with Gasteiger partial charge in [-0.3, -0.25) is 9.36 Å². The molecule has 0 atom stereocenters. The van der Waals surface area contributed by atoms with Gasteiger partial charge >= 0.3 is 6.18 Å². The van der Waals surface area contributed by atoms with Gasteiger partial charge in [-0.2, -0.15) is 13.2 Å². The Morgan fingerprint density at radius 3 is 2.80 bits per heavy atom. The van der Waals surface area contributed by atoms with Crippen LogP contribution in [0.2, 0.25) is 0 Å². The largest absolute Gasteiger partial charge is 0.461 e. The van der Waals surface area contributed by atoms with E-state index in [9.17, 15) is 18.0 Å². The predicted molar refractivity (Wildman–Crippen MR) is 105 cm³/mol. The van der Waals surface area contributed by atoms with Crippen molar-refractivity contribution in [1.29, 1.82) is 0 Å². The first kappa shape index (κ1) is 21.5. The maximum atomic E-state index is 12.7. The number of thioether (sulfide) groups is 1. The summed E-state index contributed by atoms with van der Waals surface area (Å²) in [6.45, 7) is 2.56. The molecule has 0 saturated carbocycles. The molecule has 3 aromatic rings. The number of rotatable bonds is 6. The Morgan fingerprint density at radius 2 is 2.10 bits per heavy atom. The Hall–Kier alpha value is -3.19. The molecule has 1 aromatic carbocycles. The zero-order chi connectivity index (χ0) is 21.6. The first-order valence-corrected chi connectivity index (χ1v) is 9.89. The maximum Gasteiger partial charge on any atom is 0.416 e. The fourth-order valence-corrected chi connectivity index (χ4v) is 3.34. The Kier molecular flexibility index (Phi) is 6.84. The quantitative estimate of drug-likeness (QED) is 0.472. The Morgan fingerprint density at radius 1 is 1.27 bits per heavy atom. The molecule has 2 heterocycles. The summed E-state index contributed by atoms with van der Waals surface area (Å²) in [5.74, 6) is 6.26. The van der Waals surface area contributed by atoms with E-state index in [1.807, 2.05) is 11.5 Å². The summed E-state index contributed by atoms with van der Waals surface area (Å²) in [7, 11) is 0. The topological polar surface area (TPSA) is 73.0 Å². The number of furan rings is 1. The van der Waals surface area contributed by atoms with Crippen molar-refractivity contribution in [3.05, 3.63) is 53.8 Å². The molecule has 3 rings (SSSR count). The van der Waals surface area contributed by atoms with Gasteiger partial charge in [-0.05, 0) is 37.3 Å². The number of alkyl halides is 3. The van der Waals surface area contributed by atoms with Gasteiger partial charge in [-0.15, -0.1) is 10.2 Å². The normalized spacial score (nSPS) is 11.1. The van der Waals surface area contributed by atoms with Gasteiger partial charge in [0.25, 0.3) is 0 Å². The minimum absolute atomic E-state index is 0.0216. The number of carbonyl (C=O) groups excluding carboxylic acids is 1. The Bertz CT molecular complexity index is 1070. The van der Waals surface area contributed by atoms with Crippen molar-refractivity contribution in [2.75, 3.05) is 12.3 Å². The summed E-state index contributed by atoms with van der Waals surface area (Å²) in [6, 6.07) is 8.26. The van der Waals surface area contributed by atoms with E-state index in [1.54, 1.807) is 18.4 Å². The summed E-state index contributed by atoms with van der Waals surface area (Å²) in [6.07, 6.45) is -2.87. The predicted octanol–water partition coefficient (Wildman–Crippen LogP) is 3.84. The molecule has 1 N–H and O–H groups in total. The van der Waals surface area contributed by atoms with Crippen LogP contribution in [0.3, 0.4) is 0 Å². The molecule has 0 aliphatic heterocycles. The van der Waals surface area contributed by atoms with E-state index in [2.05, 4.69) is 27.4 Å². The molecule has 0 aliphatic rings. The maximum absolute atomic E-state index is 12.7. The van der Waals surface area contributed by atoms with Crippen LogP contribution in [0.25, 0.3) is 11.6 Å². The van der Waals surface area contributed by atoms with E-state index in [-0.39, 0.29) is 23.8 Å². The van der Waals surface area contributed by atoms with E-state index in [1.165, 1.54) is 23.9 Å². The number of carbonyl (C=O) groups is 1. The van der Waals surface area contributed by atoms with E-state index in [0.717, 1.165) is 12.1 Å². The summed E-state index contributed by atoms with van der Waals surface area (Å²) in [4.78, 5) is 12.0. The van der Waals surface area contributed by atoms with E-state index in [4.69, 9.17) is 4.42 Å². The molecular weight excluding hydrogens is 417 g/mol. The molecule has 1 amide bonds. The second kappa shape index (κ2) is 9.54. The van der Waals surface area contributed by atoms with Gasteiger partial charge in [0.05, 0.1) is 24.1 Å². The van der Waals surface area contributed by atoms with Crippen LogP contribution in [-0.2, 0) is 17.5 Å². The Balaban J connectivity index is 1.52. The van der Waals surface area contributed by atoms with Crippen molar-refractivity contribution in [2.24, 2.45) is 0 Å². The fourth-order valence-electron chi connectivity index (χ4n) is 2.51. The van der Waals surface area contributed by atoms with Gasteiger partial charge in [0.2, 0.25) is 5.91 Å². The molecule has 0 fully saturated rings. The molecule has 0 aliphatic carbocycles. The third-order valence-electron chi connectivity index (χ3n) is 3.90. The lowest BCUT2D eigenvalue weighted by Crippen LogP contribution is -2.25. The van der Waals surface area contributed by atoms with Crippen molar-refractivity contribution >= 4 is 17.7 Å². The Labute approximate surface area is 174 Å². The molecule has 156 valence electrons. The molecule has 2 aromatic heterocycles. The van der Waals surface area contributed by atoms with Gasteiger partial charge in [0, 0.05) is 12.1 Å². The van der Waals surface area contributed by atoms with Crippen molar-refractivity contribution in [3.8, 4) is 23.4 Å². The van der Waals surface area contributed by atoms with Crippen LogP contribution in [0.5, 0.6) is 0 Å². The summed E-state index contributed by atoms with van der Waals surface area (Å²) < 4.78 is 45.3. The highest BCUT2D eigenvalue weighted by Crippen LogP contribution is 2.29. The van der Waals surface area contributed by atoms with Gasteiger partial charge in [0.15, 0.2) is 16.7 Å². The third-order valence-corrected chi connectivity index (χ3v) is 4.87. The minimum atomic E-state index is -4.42. The van der Waals surface area contributed by atoms with Crippen LogP contribution < -0.4 is 5.32 Å². The van der Waals surface area contributed by atoms with Crippen molar-refractivity contribution in [1.82, 2.24) is 20.1 Å². The van der Waals surface area contributed by atoms with Crippen LogP contribution in [-0.4, -0.2) is 33.0 Å². The van der Waals surface area contributed by atoms with Crippen LogP contribution in [0.15, 0.2) is 52.2 Å². The fraction of sp³-hybridized carbons (Fsp3) is 0.250. The number of aromatic nitrogens is 3. The molecular formula is C20H17F3N4O2S. The number of nitrogens with one attached hydrogen (secondary N) is 1. The van der Waals surface area contributed by atoms with E-state index >= 15 is 0 Å². The van der Waals surface area contributed by atoms with Gasteiger partial charge in [-0.25, -0.2) is 0 Å². The van der Waals surface area contributed by atoms with E-state index in [0.29, 0.717) is 23.3 Å². The smallest absolute Gasteiger partial charge is 0.416 e. The average Bonchev–Trinajstić information content (AvgIpc) is 3.38. The highest BCUT2D eigenvalue weighted by molar-refractivity contribution is 7.99. The number of halogens is 3. The molecule has 10 heteroatoms. The first-order valence-electron chi connectivity index (χ1n) is 8.91. The van der Waals surface area contributed by atoms with Crippen LogP contribution >= 0.6 is 11.8 Å². The van der Waals surface area contributed by atoms with Crippen molar-refractivity contribution < 1.29 is 22.4 Å². The third kappa shape index (κ3) is 5.45. The standard InChI is InChI=1S/C20H17F3N4O2S/c1-2-27-18(16-9-5-11-29-16)25-26-19(27)30-13-17(28)24-10-4-7-14-6-3-8-15(12-14)20(21,22)23/h3,5-6,8-9,11-12H,2,10,13H2,1H3,(H,24,28). The molecule has 0 spiro atoms. The lowest BCUT2D eigenvalue weighted by Gasteiger charge is -2.06. The number of benzene rings is 1. The SMILES string of the molecule is CCn1c(SCC(=O)NCC#Cc2cccc(C(F)(F)F)c2)nnc1-c1ccco1. The zero-order valence-corrected chi connectivity index (χ0v) is 16.7. The first-order chi connectivity index (χ1) is 14.4. The van der Waals surface area contributed by atoms with Gasteiger partial charge in [0.1, 0.15) is 0 Å². The van der Waals surface area contributed by atoms with Gasteiger partial charge < -0.3 is 9.73 Å². The molecule has 0 unspecified atom stereocenters. The lowest BCUT2D eigenvalue weighted by molar-refractivity contribution is -0.137. The number of hydrogen-bond donors (Lipinski definition) is 1. The molecule has 0 radical (unpaired) electrons. The number of hydrogen-bond acceptors (Lipinski definition) is 5. The zero-order valence-electron chi connectivity index (χ0n) is 15.9. The molecule has 30 heavy (non-hydrogen) atoms. The molecule has 0 saturated heterocycles. The van der Waals surface area contributed by atoms with Crippen molar-refractivity contribution in [3.63, 3.8) is 0 Å². The minimum Gasteiger partial charge on any atom is -0.461 e. The second-order valence-electron chi connectivity index (χ2n) is 5.97. The van der Waals surface area contributed by atoms with E-state index < -0.39 is 11.7 Å². The number of amides is 1. The molecule has 6 nitrogen and oxygen atoms in total. The summed E-state index contributed by atoms with van der Waals surface area (Å²) in [5, 5.41) is 11.4. The van der Waals surface area contributed by atoms with Crippen LogP contribution in [0.1, 0.15) is 18.1 Å². The highest BCUT2D eigenvalue weighted by atomic mass is 32.2.